The second-order valence-electron chi connectivity index (χ2n) is 9.19. The molecule has 7 nitrogen and oxygen atoms in total. The van der Waals surface area contributed by atoms with Gasteiger partial charge in [0.2, 0.25) is 11.3 Å². The second-order valence-corrected chi connectivity index (χ2v) is 9.19. The molecule has 3 heterocycles. The van der Waals surface area contributed by atoms with Crippen LogP contribution in [-0.2, 0) is 5.54 Å². The van der Waals surface area contributed by atoms with E-state index in [0.717, 1.165) is 32.1 Å². The average Bonchev–Trinajstić information content (AvgIpc) is 3.25. The summed E-state index contributed by atoms with van der Waals surface area (Å²) in [5.74, 6) is -1.30. The number of carboxylic acids is 1. The average molecular weight is 451 g/mol. The predicted octanol–water partition coefficient (Wildman–Crippen LogP) is 4.18. The van der Waals surface area contributed by atoms with Gasteiger partial charge < -0.3 is 19.3 Å². The Labute approximate surface area is 190 Å². The predicted molar refractivity (Wildman–Crippen MR) is 123 cm³/mol. The number of aromatic nitrogens is 2. The molecule has 172 valence electrons. The van der Waals surface area contributed by atoms with E-state index >= 15 is 4.39 Å². The Kier molecular flexibility index (Phi) is 5.31. The van der Waals surface area contributed by atoms with Crippen LogP contribution >= 0.6 is 0 Å². The van der Waals surface area contributed by atoms with Crippen molar-refractivity contribution < 1.29 is 19.0 Å². The molecule has 0 spiro atoms. The van der Waals surface area contributed by atoms with E-state index in [0.29, 0.717) is 30.2 Å². The Morgan fingerprint density at radius 3 is 2.79 bits per heavy atom. The maximum atomic E-state index is 15.4. The number of benzene rings is 1. The maximum absolute atomic E-state index is 15.4. The maximum Gasteiger partial charge on any atom is 0.341 e. The van der Waals surface area contributed by atoms with Crippen molar-refractivity contribution in [1.29, 1.82) is 0 Å². The molecular weight excluding hydrogens is 425 g/mol. The number of carboxylic acid groups (broad SMARTS) is 1. The minimum atomic E-state index is -1.30. The van der Waals surface area contributed by atoms with Crippen molar-refractivity contribution in [2.45, 2.75) is 50.6 Å². The van der Waals surface area contributed by atoms with Crippen LogP contribution in [0, 0.1) is 5.82 Å². The zero-order chi connectivity index (χ0) is 23.2. The molecule has 1 atom stereocenters. The van der Waals surface area contributed by atoms with Crippen LogP contribution in [-0.4, -0.2) is 39.8 Å². The first-order valence-corrected chi connectivity index (χ1v) is 11.3. The van der Waals surface area contributed by atoms with E-state index in [1.165, 1.54) is 12.3 Å². The van der Waals surface area contributed by atoms with Crippen LogP contribution in [0.1, 0.15) is 49.4 Å². The molecule has 2 aromatic heterocycles. The fourth-order valence-corrected chi connectivity index (χ4v) is 5.02. The fourth-order valence-electron chi connectivity index (χ4n) is 5.02. The molecule has 3 aromatic rings. The lowest BCUT2D eigenvalue weighted by Gasteiger charge is -2.42. The van der Waals surface area contributed by atoms with Crippen molar-refractivity contribution in [2.24, 2.45) is 0 Å². The first-order valence-electron chi connectivity index (χ1n) is 11.3. The Balaban J connectivity index is 1.57. The summed E-state index contributed by atoms with van der Waals surface area (Å²) in [5, 5.41) is 9.66. The largest absolute Gasteiger partial charge is 0.477 e. The molecule has 0 unspecified atom stereocenters. The van der Waals surface area contributed by atoms with Gasteiger partial charge in [-0.05, 0) is 57.2 Å². The number of rotatable bonds is 6. The molecule has 1 aliphatic heterocycles. The molecule has 5 rings (SSSR count). The number of ether oxygens (including phenoxy) is 1. The number of halogens is 1. The van der Waals surface area contributed by atoms with Crippen molar-refractivity contribution in [3.8, 4) is 5.88 Å². The number of aromatic carboxylic acids is 1. The summed E-state index contributed by atoms with van der Waals surface area (Å²) in [6.07, 6.45) is 7.63. The second kappa shape index (κ2) is 8.17. The van der Waals surface area contributed by atoms with Crippen molar-refractivity contribution in [3.63, 3.8) is 0 Å². The summed E-state index contributed by atoms with van der Waals surface area (Å²) in [7, 11) is 0. The first kappa shape index (κ1) is 21.4. The molecule has 0 bridgehead atoms. The number of nitrogens with zero attached hydrogens (tertiary/aromatic N) is 3. The van der Waals surface area contributed by atoms with Gasteiger partial charge in [-0.2, -0.15) is 0 Å². The summed E-state index contributed by atoms with van der Waals surface area (Å²) in [4.78, 5) is 30.7. The lowest BCUT2D eigenvalue weighted by atomic mass is 9.77. The van der Waals surface area contributed by atoms with Crippen LogP contribution in [0.25, 0.3) is 10.9 Å². The van der Waals surface area contributed by atoms with E-state index in [-0.39, 0.29) is 22.5 Å². The summed E-state index contributed by atoms with van der Waals surface area (Å²) in [5.41, 5.74) is -0.296. The van der Waals surface area contributed by atoms with Gasteiger partial charge in [0.25, 0.3) is 0 Å². The van der Waals surface area contributed by atoms with Gasteiger partial charge in [-0.15, -0.1) is 0 Å². The van der Waals surface area contributed by atoms with Gasteiger partial charge in [-0.3, -0.25) is 4.79 Å². The molecule has 2 aliphatic rings. The molecule has 0 radical (unpaired) electrons. The SMILES string of the molecule is CC1(n2cc(C(=O)O)c(=O)c3cc(F)c(N4CCC[C@@H]4COc4ccccn4)cc32)CCC1. The standard InChI is InChI=1S/C25H26FN3O4/c1-25(8-5-9-25)29-14-18(24(31)32)23(30)17-12-19(26)21(13-20(17)29)28-11-4-6-16(28)15-33-22-7-2-3-10-27-22/h2-3,7,10,12-14,16H,4-6,8-9,11,15H2,1H3,(H,31,32)/t16-/m1/s1. The van der Waals surface area contributed by atoms with Gasteiger partial charge in [-0.1, -0.05) is 6.07 Å². The highest BCUT2D eigenvalue weighted by Crippen LogP contribution is 2.41. The number of pyridine rings is 2. The molecule has 33 heavy (non-hydrogen) atoms. The zero-order valence-electron chi connectivity index (χ0n) is 18.5. The summed E-state index contributed by atoms with van der Waals surface area (Å²) in [6.45, 7) is 3.10. The van der Waals surface area contributed by atoms with Crippen LogP contribution in [0.3, 0.4) is 0 Å². The van der Waals surface area contributed by atoms with Crippen LogP contribution in [0.15, 0.2) is 47.5 Å². The minimum absolute atomic E-state index is 0.0308. The molecule has 1 saturated carbocycles. The Hall–Kier alpha value is -3.42. The highest BCUT2D eigenvalue weighted by molar-refractivity contribution is 5.93. The van der Waals surface area contributed by atoms with Gasteiger partial charge >= 0.3 is 5.97 Å². The number of hydrogen-bond donors (Lipinski definition) is 1. The Bertz CT molecular complexity index is 1270. The molecular formula is C25H26FN3O4. The fraction of sp³-hybridized carbons (Fsp3) is 0.400. The van der Waals surface area contributed by atoms with Gasteiger partial charge in [0, 0.05) is 35.9 Å². The number of hydrogen-bond acceptors (Lipinski definition) is 5. The van der Waals surface area contributed by atoms with Crippen molar-refractivity contribution in [3.05, 3.63) is 64.3 Å². The molecule has 1 saturated heterocycles. The minimum Gasteiger partial charge on any atom is -0.477 e. The smallest absolute Gasteiger partial charge is 0.341 e. The van der Waals surface area contributed by atoms with Gasteiger partial charge in [0.1, 0.15) is 18.0 Å². The third kappa shape index (κ3) is 3.73. The molecule has 1 aromatic carbocycles. The molecule has 0 amide bonds. The summed E-state index contributed by atoms with van der Waals surface area (Å²) in [6, 6.07) is 8.33. The van der Waals surface area contributed by atoms with E-state index in [9.17, 15) is 14.7 Å². The highest BCUT2D eigenvalue weighted by atomic mass is 19.1. The lowest BCUT2D eigenvalue weighted by Crippen LogP contribution is -2.39. The molecule has 1 aliphatic carbocycles. The normalized spacial score (nSPS) is 19.5. The number of fused-ring (bicyclic) bond motifs is 1. The van der Waals surface area contributed by atoms with E-state index in [2.05, 4.69) is 11.9 Å². The van der Waals surface area contributed by atoms with Crippen molar-refractivity contribution in [1.82, 2.24) is 9.55 Å². The molecule has 8 heteroatoms. The van der Waals surface area contributed by atoms with Crippen molar-refractivity contribution in [2.75, 3.05) is 18.1 Å². The molecule has 1 N–H and O–H groups in total. The topological polar surface area (TPSA) is 84.7 Å². The third-order valence-electron chi connectivity index (χ3n) is 7.06. The number of carbonyl (C=O) groups is 1. The van der Waals surface area contributed by atoms with Gasteiger partial charge in [0.05, 0.1) is 17.2 Å². The van der Waals surface area contributed by atoms with E-state index in [1.807, 2.05) is 21.6 Å². The number of anilines is 1. The van der Waals surface area contributed by atoms with Crippen LogP contribution in [0.2, 0.25) is 0 Å². The van der Waals surface area contributed by atoms with Crippen LogP contribution < -0.4 is 15.1 Å². The van der Waals surface area contributed by atoms with Gasteiger partial charge in [-0.25, -0.2) is 14.2 Å². The highest BCUT2D eigenvalue weighted by Gasteiger charge is 2.36. The summed E-state index contributed by atoms with van der Waals surface area (Å²) >= 11 is 0. The van der Waals surface area contributed by atoms with E-state index in [1.54, 1.807) is 18.3 Å². The quantitative estimate of drug-likeness (QED) is 0.605. The van der Waals surface area contributed by atoms with Crippen LogP contribution in [0.5, 0.6) is 5.88 Å². The lowest BCUT2D eigenvalue weighted by molar-refractivity contribution is 0.0693. The molecule has 2 fully saturated rings. The van der Waals surface area contributed by atoms with Crippen molar-refractivity contribution >= 4 is 22.6 Å². The Morgan fingerprint density at radius 2 is 2.12 bits per heavy atom. The Morgan fingerprint density at radius 1 is 1.30 bits per heavy atom. The van der Waals surface area contributed by atoms with Crippen LogP contribution in [0.4, 0.5) is 10.1 Å². The summed E-state index contributed by atoms with van der Waals surface area (Å²) < 4.78 is 23.1. The van der Waals surface area contributed by atoms with Gasteiger partial charge in [0.15, 0.2) is 0 Å². The zero-order valence-corrected chi connectivity index (χ0v) is 18.5. The third-order valence-corrected chi connectivity index (χ3v) is 7.06. The first-order chi connectivity index (χ1) is 15.9. The van der Waals surface area contributed by atoms with E-state index < -0.39 is 17.2 Å². The monoisotopic (exact) mass is 451 g/mol. The van der Waals surface area contributed by atoms with E-state index in [4.69, 9.17) is 4.74 Å².